The van der Waals surface area contributed by atoms with E-state index in [4.69, 9.17) is 0 Å². The Labute approximate surface area is 104 Å². The maximum atomic E-state index is 11.8. The van der Waals surface area contributed by atoms with E-state index in [1.807, 2.05) is 0 Å². The van der Waals surface area contributed by atoms with Crippen LogP contribution in [0.1, 0.15) is 30.9 Å². The topological polar surface area (TPSA) is 78.3 Å². The van der Waals surface area contributed by atoms with Crippen LogP contribution >= 0.6 is 0 Å². The second-order valence-corrected chi connectivity index (χ2v) is 5.25. The Balaban J connectivity index is 1.95. The van der Waals surface area contributed by atoms with E-state index < -0.39 is 11.2 Å². The minimum Gasteiger partial charge on any atom is -0.494 e. The summed E-state index contributed by atoms with van der Waals surface area (Å²) in [6.07, 6.45) is 3.31. The number of aromatic nitrogens is 2. The van der Waals surface area contributed by atoms with Gasteiger partial charge in [0, 0.05) is 19.1 Å². The monoisotopic (exact) mass is 251 g/mol. The number of nitrogens with one attached hydrogen (secondary N) is 1. The lowest BCUT2D eigenvalue weighted by atomic mass is 10.2. The first-order valence-electron chi connectivity index (χ1n) is 6.36. The molecule has 0 amide bonds. The summed E-state index contributed by atoms with van der Waals surface area (Å²) < 4.78 is 1.33. The number of nitrogens with zero attached hydrogens (tertiary/aromatic N) is 2. The Morgan fingerprint density at radius 2 is 1.94 bits per heavy atom. The van der Waals surface area contributed by atoms with Gasteiger partial charge in [-0.25, -0.2) is 4.79 Å². The van der Waals surface area contributed by atoms with Gasteiger partial charge in [0.05, 0.1) is 11.6 Å². The van der Waals surface area contributed by atoms with Crippen molar-refractivity contribution in [3.63, 3.8) is 0 Å². The molecule has 1 saturated carbocycles. The van der Waals surface area contributed by atoms with Crippen LogP contribution in [0.2, 0.25) is 0 Å². The van der Waals surface area contributed by atoms with Gasteiger partial charge in [-0.2, -0.15) is 0 Å². The molecule has 1 aromatic heterocycles. The van der Waals surface area contributed by atoms with Crippen LogP contribution in [0.4, 0.5) is 0 Å². The smallest absolute Gasteiger partial charge is 0.331 e. The standard InChI is InChI=1S/C12H17N3O3/c1-7-10(16)13-12(18)15(11(7)17)9-4-5-14(6-9)8-2-3-8/h8-9,17H,2-6H2,1H3,(H,13,16,18). The summed E-state index contributed by atoms with van der Waals surface area (Å²) >= 11 is 0. The first kappa shape index (κ1) is 11.5. The molecule has 1 unspecified atom stereocenters. The quantitative estimate of drug-likeness (QED) is 0.773. The molecule has 0 bridgehead atoms. The van der Waals surface area contributed by atoms with Crippen LogP contribution in [0.5, 0.6) is 5.88 Å². The molecule has 1 aliphatic carbocycles. The molecule has 3 rings (SSSR count). The summed E-state index contributed by atoms with van der Waals surface area (Å²) in [5.41, 5.74) is -0.809. The highest BCUT2D eigenvalue weighted by Gasteiger charge is 2.36. The summed E-state index contributed by atoms with van der Waals surface area (Å²) in [7, 11) is 0. The molecule has 1 aliphatic heterocycles. The van der Waals surface area contributed by atoms with Gasteiger partial charge >= 0.3 is 5.69 Å². The van der Waals surface area contributed by atoms with Gasteiger partial charge in [-0.05, 0) is 26.2 Å². The Kier molecular flexibility index (Phi) is 2.55. The highest BCUT2D eigenvalue weighted by atomic mass is 16.3. The SMILES string of the molecule is Cc1c(O)n(C2CCN(C3CC3)C2)c(=O)[nH]c1=O. The molecule has 98 valence electrons. The van der Waals surface area contributed by atoms with Crippen LogP contribution in [0.3, 0.4) is 0 Å². The fourth-order valence-electron chi connectivity index (χ4n) is 2.72. The van der Waals surface area contributed by atoms with Crippen LogP contribution in [-0.2, 0) is 0 Å². The molecule has 2 heterocycles. The number of aromatic hydroxyl groups is 1. The Morgan fingerprint density at radius 3 is 2.61 bits per heavy atom. The minimum absolute atomic E-state index is 0.0337. The van der Waals surface area contributed by atoms with Crippen molar-refractivity contribution in [3.8, 4) is 5.88 Å². The summed E-state index contributed by atoms with van der Waals surface area (Å²) in [6.45, 7) is 3.26. The molecule has 0 spiro atoms. The highest BCUT2D eigenvalue weighted by Crippen LogP contribution is 2.34. The van der Waals surface area contributed by atoms with Crippen LogP contribution in [0, 0.1) is 6.92 Å². The number of aromatic amines is 1. The molecular weight excluding hydrogens is 234 g/mol. The molecule has 6 heteroatoms. The van der Waals surface area contributed by atoms with E-state index in [1.165, 1.54) is 24.3 Å². The zero-order valence-electron chi connectivity index (χ0n) is 10.3. The van der Waals surface area contributed by atoms with Crippen molar-refractivity contribution in [2.24, 2.45) is 0 Å². The molecule has 1 atom stereocenters. The van der Waals surface area contributed by atoms with E-state index in [-0.39, 0.29) is 17.5 Å². The zero-order chi connectivity index (χ0) is 12.9. The van der Waals surface area contributed by atoms with E-state index in [1.54, 1.807) is 0 Å². The third-order valence-corrected chi connectivity index (χ3v) is 3.97. The zero-order valence-corrected chi connectivity index (χ0v) is 10.3. The van der Waals surface area contributed by atoms with Gasteiger partial charge in [0.1, 0.15) is 0 Å². The first-order chi connectivity index (χ1) is 8.58. The number of hydrogen-bond acceptors (Lipinski definition) is 4. The lowest BCUT2D eigenvalue weighted by molar-refractivity contribution is 0.300. The molecule has 0 aromatic carbocycles. The van der Waals surface area contributed by atoms with Crippen molar-refractivity contribution < 1.29 is 5.11 Å². The molecular formula is C12H17N3O3. The average Bonchev–Trinajstić information content (AvgIpc) is 3.07. The summed E-state index contributed by atoms with van der Waals surface area (Å²) in [6, 6.07) is 0.630. The predicted octanol–water partition coefficient (Wildman–Crippen LogP) is -0.0402. The Bertz CT molecular complexity index is 585. The van der Waals surface area contributed by atoms with Gasteiger partial charge in [-0.1, -0.05) is 0 Å². The maximum absolute atomic E-state index is 11.8. The van der Waals surface area contributed by atoms with Crippen LogP contribution in [-0.4, -0.2) is 38.7 Å². The molecule has 2 fully saturated rings. The first-order valence-corrected chi connectivity index (χ1v) is 6.36. The van der Waals surface area contributed by atoms with Crippen molar-refractivity contribution in [1.29, 1.82) is 0 Å². The molecule has 0 radical (unpaired) electrons. The maximum Gasteiger partial charge on any atom is 0.331 e. The average molecular weight is 251 g/mol. The number of hydrogen-bond donors (Lipinski definition) is 2. The second kappa shape index (κ2) is 3.98. The van der Waals surface area contributed by atoms with Gasteiger partial charge < -0.3 is 5.11 Å². The third-order valence-electron chi connectivity index (χ3n) is 3.97. The van der Waals surface area contributed by atoms with Crippen LogP contribution in [0.15, 0.2) is 9.59 Å². The van der Waals surface area contributed by atoms with Crippen molar-refractivity contribution in [1.82, 2.24) is 14.5 Å². The van der Waals surface area contributed by atoms with Gasteiger partial charge in [-0.15, -0.1) is 0 Å². The fraction of sp³-hybridized carbons (Fsp3) is 0.667. The molecule has 18 heavy (non-hydrogen) atoms. The highest BCUT2D eigenvalue weighted by molar-refractivity contribution is 5.21. The largest absolute Gasteiger partial charge is 0.494 e. The van der Waals surface area contributed by atoms with E-state index in [2.05, 4.69) is 9.88 Å². The van der Waals surface area contributed by atoms with E-state index in [9.17, 15) is 14.7 Å². The molecule has 1 saturated heterocycles. The number of H-pyrrole nitrogens is 1. The number of rotatable bonds is 2. The second-order valence-electron chi connectivity index (χ2n) is 5.25. The molecule has 1 aromatic rings. The summed E-state index contributed by atoms with van der Waals surface area (Å²) in [5.74, 6) is -0.189. The van der Waals surface area contributed by atoms with E-state index in [0.29, 0.717) is 6.04 Å². The summed E-state index contributed by atoms with van der Waals surface area (Å²) in [5, 5.41) is 9.98. The summed E-state index contributed by atoms with van der Waals surface area (Å²) in [4.78, 5) is 27.8. The van der Waals surface area contributed by atoms with Gasteiger partial charge in [0.25, 0.3) is 5.56 Å². The predicted molar refractivity (Wildman–Crippen MR) is 66.0 cm³/mol. The Morgan fingerprint density at radius 1 is 1.22 bits per heavy atom. The lowest BCUT2D eigenvalue weighted by Crippen LogP contribution is -2.35. The third kappa shape index (κ3) is 1.77. The van der Waals surface area contributed by atoms with E-state index >= 15 is 0 Å². The van der Waals surface area contributed by atoms with Gasteiger partial charge in [0.2, 0.25) is 5.88 Å². The number of likely N-dealkylation sites (tertiary alicyclic amines) is 1. The molecule has 6 nitrogen and oxygen atoms in total. The fourth-order valence-corrected chi connectivity index (χ4v) is 2.72. The van der Waals surface area contributed by atoms with Crippen molar-refractivity contribution in [2.45, 2.75) is 38.3 Å². The lowest BCUT2D eigenvalue weighted by Gasteiger charge is -2.18. The van der Waals surface area contributed by atoms with Crippen molar-refractivity contribution in [2.75, 3.05) is 13.1 Å². The Hall–Kier alpha value is -1.56. The van der Waals surface area contributed by atoms with Crippen LogP contribution in [0.25, 0.3) is 0 Å². The van der Waals surface area contributed by atoms with Crippen molar-refractivity contribution >= 4 is 0 Å². The minimum atomic E-state index is -0.509. The molecule has 2 aliphatic rings. The van der Waals surface area contributed by atoms with E-state index in [0.717, 1.165) is 19.5 Å². The van der Waals surface area contributed by atoms with Gasteiger partial charge in [-0.3, -0.25) is 19.2 Å². The van der Waals surface area contributed by atoms with Crippen LogP contribution < -0.4 is 11.2 Å². The molecule has 2 N–H and O–H groups in total. The van der Waals surface area contributed by atoms with Crippen molar-refractivity contribution in [3.05, 3.63) is 26.4 Å². The normalized spacial score (nSPS) is 24.6. The van der Waals surface area contributed by atoms with Gasteiger partial charge in [0.15, 0.2) is 0 Å².